The molecule has 0 atom stereocenters. The number of thiocyanates is 1. The van der Waals surface area contributed by atoms with E-state index in [1.807, 2.05) is 16.8 Å². The summed E-state index contributed by atoms with van der Waals surface area (Å²) in [6.45, 7) is 7.45. The number of rotatable bonds is 3. The molecule has 1 aromatic heterocycles. The zero-order valence-electron chi connectivity index (χ0n) is 7.22. The van der Waals surface area contributed by atoms with E-state index in [0.29, 0.717) is 0 Å². The molecule has 1 aromatic rings. The lowest BCUT2D eigenvalue weighted by Crippen LogP contribution is -1.89. The minimum atomic E-state index is 0.802. The van der Waals surface area contributed by atoms with Crippen molar-refractivity contribution in [3.8, 4) is 5.40 Å². The molecule has 0 bridgehead atoms. The summed E-state index contributed by atoms with van der Waals surface area (Å²) in [7, 11) is 0. The zero-order chi connectivity index (χ0) is 10.1. The minimum absolute atomic E-state index is 0.802. The Morgan fingerprint density at radius 1 is 1.77 bits per heavy atom. The normalized spacial score (nSPS) is 7.69. The van der Waals surface area contributed by atoms with Crippen LogP contribution in [0.4, 0.5) is 0 Å². The number of allylic oxidation sites excluding steroid dienone is 2. The molecular weight excluding hydrogens is 182 g/mol. The van der Waals surface area contributed by atoms with Crippen LogP contribution < -0.4 is 0 Å². The van der Waals surface area contributed by atoms with Crippen LogP contribution in [0.25, 0.3) is 5.70 Å². The van der Waals surface area contributed by atoms with Crippen molar-refractivity contribution in [1.29, 1.82) is 5.26 Å². The average molecular weight is 193 g/mol. The largest absolute Gasteiger partial charge is 0.310 e. The van der Waals surface area contributed by atoms with Crippen molar-refractivity contribution < 1.29 is 0 Å². The van der Waals surface area contributed by atoms with Crippen molar-refractivity contribution >= 4 is 18.3 Å². The van der Waals surface area contributed by atoms with E-state index >= 15 is 0 Å². The predicted molar refractivity (Wildman–Crippen MR) is 57.0 cm³/mol. The number of thiol groups is 1. The van der Waals surface area contributed by atoms with Gasteiger partial charge in [0.1, 0.15) is 5.40 Å². The maximum Gasteiger partial charge on any atom is 0.130 e. The topological polar surface area (TPSA) is 41.6 Å². The second-order valence-electron chi connectivity index (χ2n) is 2.13. The van der Waals surface area contributed by atoms with Gasteiger partial charge in [-0.3, -0.25) is 0 Å². The Hall–Kier alpha value is -1.47. The Bertz CT molecular complexity index is 295. The fourth-order valence-corrected chi connectivity index (χ4v) is 0.718. The minimum Gasteiger partial charge on any atom is -0.310 e. The number of aromatic nitrogens is 2. The monoisotopic (exact) mass is 193 g/mol. The molecule has 0 unspecified atom stereocenters. The van der Waals surface area contributed by atoms with Gasteiger partial charge in [-0.25, -0.2) is 4.98 Å². The van der Waals surface area contributed by atoms with Gasteiger partial charge in [0.25, 0.3) is 0 Å². The lowest BCUT2D eigenvalue weighted by Gasteiger charge is -2.00. The molecule has 0 amide bonds. The molecule has 1 heterocycles. The van der Waals surface area contributed by atoms with Gasteiger partial charge in [-0.15, -0.1) is 6.58 Å². The van der Waals surface area contributed by atoms with E-state index < -0.39 is 0 Å². The zero-order valence-corrected chi connectivity index (χ0v) is 8.11. The first-order chi connectivity index (χ1) is 6.26. The van der Waals surface area contributed by atoms with Gasteiger partial charge in [-0.05, 0) is 0 Å². The van der Waals surface area contributed by atoms with Crippen LogP contribution in [0.5, 0.6) is 0 Å². The Labute approximate surface area is 83.4 Å². The number of imidazole rings is 1. The van der Waals surface area contributed by atoms with Gasteiger partial charge in [0.15, 0.2) is 0 Å². The number of hydrogen-bond acceptors (Lipinski definition) is 3. The molecule has 0 aliphatic rings. The standard InChI is InChI=1S/C8H10N2.CHNS/c1-3-4-8(2)10-6-5-9-7-10;2-1-3/h3,5-7H,1-2,4H2;3H. The first kappa shape index (κ1) is 11.5. The Kier molecular flexibility index (Phi) is 6.38. The number of nitrogens with zero attached hydrogens (tertiary/aromatic N) is 3. The molecule has 0 saturated heterocycles. The summed E-state index contributed by atoms with van der Waals surface area (Å²) >= 11 is 3.09. The highest BCUT2D eigenvalue weighted by Gasteiger charge is 1.90. The van der Waals surface area contributed by atoms with Crippen molar-refractivity contribution in [1.82, 2.24) is 9.55 Å². The molecule has 0 aliphatic heterocycles. The van der Waals surface area contributed by atoms with Gasteiger partial charge >= 0.3 is 0 Å². The maximum atomic E-state index is 7.18. The van der Waals surface area contributed by atoms with Crippen LogP contribution in [0.15, 0.2) is 38.0 Å². The summed E-state index contributed by atoms with van der Waals surface area (Å²) in [6.07, 6.45) is 7.95. The highest BCUT2D eigenvalue weighted by molar-refractivity contribution is 7.85. The molecule has 0 radical (unpaired) electrons. The van der Waals surface area contributed by atoms with Crippen LogP contribution in [-0.2, 0) is 0 Å². The molecule has 0 N–H and O–H groups in total. The molecule has 0 aliphatic carbocycles. The average Bonchev–Trinajstić information content (AvgIpc) is 2.58. The summed E-state index contributed by atoms with van der Waals surface area (Å²) < 4.78 is 1.88. The van der Waals surface area contributed by atoms with Crippen molar-refractivity contribution in [2.75, 3.05) is 0 Å². The molecule has 4 heteroatoms. The third kappa shape index (κ3) is 4.88. The maximum absolute atomic E-state index is 7.18. The van der Waals surface area contributed by atoms with Crippen molar-refractivity contribution in [2.24, 2.45) is 0 Å². The molecule has 0 aromatic carbocycles. The Balaban J connectivity index is 0.000000424. The highest BCUT2D eigenvalue weighted by atomic mass is 32.1. The number of nitriles is 1. The summed E-state index contributed by atoms with van der Waals surface area (Å²) in [6, 6.07) is 0. The van der Waals surface area contributed by atoms with E-state index in [4.69, 9.17) is 5.26 Å². The third-order valence-corrected chi connectivity index (χ3v) is 1.25. The van der Waals surface area contributed by atoms with Crippen LogP contribution in [0.3, 0.4) is 0 Å². The van der Waals surface area contributed by atoms with Crippen LogP contribution in [0.2, 0.25) is 0 Å². The van der Waals surface area contributed by atoms with E-state index in [1.54, 1.807) is 12.5 Å². The van der Waals surface area contributed by atoms with Gasteiger partial charge in [-0.1, -0.05) is 25.3 Å². The SMILES string of the molecule is C=CCC(=C)n1ccnc1.N#CS. The third-order valence-electron chi connectivity index (χ3n) is 1.25. The number of hydrogen-bond donors (Lipinski definition) is 1. The van der Waals surface area contributed by atoms with Crippen molar-refractivity contribution in [3.05, 3.63) is 38.0 Å². The van der Waals surface area contributed by atoms with Crippen LogP contribution >= 0.6 is 12.6 Å². The van der Waals surface area contributed by atoms with E-state index in [0.717, 1.165) is 12.1 Å². The first-order valence-electron chi connectivity index (χ1n) is 3.56. The smallest absolute Gasteiger partial charge is 0.130 e. The van der Waals surface area contributed by atoms with Gasteiger partial charge in [0, 0.05) is 24.5 Å². The predicted octanol–water partition coefficient (Wildman–Crippen LogP) is 2.33. The van der Waals surface area contributed by atoms with Crippen LogP contribution in [0.1, 0.15) is 6.42 Å². The fraction of sp³-hybridized carbons (Fsp3) is 0.111. The van der Waals surface area contributed by atoms with E-state index in [2.05, 4.69) is 30.8 Å². The Morgan fingerprint density at radius 2 is 2.38 bits per heavy atom. The highest BCUT2D eigenvalue weighted by Crippen LogP contribution is 2.04. The van der Waals surface area contributed by atoms with Crippen LogP contribution in [-0.4, -0.2) is 9.55 Å². The molecule has 3 nitrogen and oxygen atoms in total. The van der Waals surface area contributed by atoms with Crippen LogP contribution in [0, 0.1) is 10.7 Å². The van der Waals surface area contributed by atoms with E-state index in [9.17, 15) is 0 Å². The molecular formula is C9H11N3S. The molecule has 13 heavy (non-hydrogen) atoms. The second-order valence-corrected chi connectivity index (χ2v) is 2.33. The van der Waals surface area contributed by atoms with Gasteiger partial charge in [-0.2, -0.15) is 5.26 Å². The van der Waals surface area contributed by atoms with Crippen molar-refractivity contribution in [2.45, 2.75) is 6.42 Å². The summed E-state index contributed by atoms with van der Waals surface area (Å²) in [5.41, 5.74) is 0.993. The van der Waals surface area contributed by atoms with E-state index in [-0.39, 0.29) is 0 Å². The quantitative estimate of drug-likeness (QED) is 0.455. The lowest BCUT2D eigenvalue weighted by atomic mass is 10.3. The molecule has 68 valence electrons. The van der Waals surface area contributed by atoms with Gasteiger partial charge in [0.05, 0.1) is 6.33 Å². The summed E-state index contributed by atoms with van der Waals surface area (Å²) in [5.74, 6) is 0. The molecule has 1 rings (SSSR count). The molecule has 0 saturated carbocycles. The fourth-order valence-electron chi connectivity index (χ4n) is 0.718. The van der Waals surface area contributed by atoms with Gasteiger partial charge < -0.3 is 4.57 Å². The summed E-state index contributed by atoms with van der Waals surface area (Å²) in [5, 5.41) is 8.63. The Morgan fingerprint density at radius 3 is 2.77 bits per heavy atom. The van der Waals surface area contributed by atoms with Crippen molar-refractivity contribution in [3.63, 3.8) is 0 Å². The summed E-state index contributed by atoms with van der Waals surface area (Å²) in [4.78, 5) is 3.89. The lowest BCUT2D eigenvalue weighted by molar-refractivity contribution is 1.05. The molecule has 0 fully saturated rings. The molecule has 0 spiro atoms. The van der Waals surface area contributed by atoms with Gasteiger partial charge in [0.2, 0.25) is 0 Å². The second kappa shape index (κ2) is 7.19. The van der Waals surface area contributed by atoms with E-state index in [1.165, 1.54) is 5.40 Å². The first-order valence-corrected chi connectivity index (χ1v) is 4.01.